The Bertz CT molecular complexity index is 1240. The molecule has 2 aromatic carbocycles. The van der Waals surface area contributed by atoms with Crippen LogP contribution in [0.3, 0.4) is 0 Å². The first kappa shape index (κ1) is 15.3. The van der Waals surface area contributed by atoms with Crippen molar-refractivity contribution in [2.24, 2.45) is 0 Å². The Morgan fingerprint density at radius 3 is 2.78 bits per heavy atom. The van der Waals surface area contributed by atoms with E-state index < -0.39 is 0 Å². The van der Waals surface area contributed by atoms with Gasteiger partial charge in [-0.3, -0.25) is 10.1 Å². The molecule has 0 unspecified atom stereocenters. The van der Waals surface area contributed by atoms with E-state index in [-0.39, 0.29) is 0 Å². The third kappa shape index (κ3) is 3.02. The van der Waals surface area contributed by atoms with Gasteiger partial charge in [-0.05, 0) is 36.4 Å². The maximum Gasteiger partial charge on any atom is 0.227 e. The van der Waals surface area contributed by atoms with Crippen molar-refractivity contribution in [2.45, 2.75) is 0 Å². The fourth-order valence-corrected chi connectivity index (χ4v) is 2.85. The Balaban J connectivity index is 1.50. The Morgan fingerprint density at radius 2 is 1.85 bits per heavy atom. The lowest BCUT2D eigenvalue weighted by Crippen LogP contribution is -1.98. The Morgan fingerprint density at radius 1 is 0.926 bits per heavy atom. The third-order valence-corrected chi connectivity index (χ3v) is 4.15. The summed E-state index contributed by atoms with van der Waals surface area (Å²) < 4.78 is 5.97. The van der Waals surface area contributed by atoms with Gasteiger partial charge >= 0.3 is 0 Å². The van der Waals surface area contributed by atoms with Crippen molar-refractivity contribution in [3.63, 3.8) is 0 Å². The molecule has 7 heteroatoms. The lowest BCUT2D eigenvalue weighted by atomic mass is 10.2. The van der Waals surface area contributed by atoms with Crippen molar-refractivity contribution < 1.29 is 4.74 Å². The van der Waals surface area contributed by atoms with Crippen LogP contribution in [0.5, 0.6) is 11.5 Å². The molecular formula is C20H14N6O. The zero-order chi connectivity index (χ0) is 18.1. The van der Waals surface area contributed by atoms with E-state index in [4.69, 9.17) is 4.74 Å². The number of nitrogens with zero attached hydrogens (tertiary/aromatic N) is 4. The fraction of sp³-hybridized carbons (Fsp3) is 0. The van der Waals surface area contributed by atoms with Crippen molar-refractivity contribution in [1.29, 1.82) is 0 Å². The van der Waals surface area contributed by atoms with Gasteiger partial charge in [0, 0.05) is 35.1 Å². The number of anilines is 2. The summed E-state index contributed by atoms with van der Waals surface area (Å²) in [5.41, 5.74) is 2.55. The normalized spacial score (nSPS) is 11.0. The Labute approximate surface area is 154 Å². The molecule has 0 aliphatic heterocycles. The molecule has 5 aromatic rings. The molecule has 5 rings (SSSR count). The molecule has 0 aliphatic carbocycles. The van der Waals surface area contributed by atoms with Gasteiger partial charge in [-0.1, -0.05) is 12.1 Å². The highest BCUT2D eigenvalue weighted by molar-refractivity contribution is 5.86. The van der Waals surface area contributed by atoms with Gasteiger partial charge in [0.05, 0.1) is 11.7 Å². The topological polar surface area (TPSA) is 88.6 Å². The Hall–Kier alpha value is -4.00. The predicted molar refractivity (Wildman–Crippen MR) is 103 cm³/mol. The molecule has 27 heavy (non-hydrogen) atoms. The molecule has 0 bridgehead atoms. The fourth-order valence-electron chi connectivity index (χ4n) is 2.85. The van der Waals surface area contributed by atoms with Crippen LogP contribution >= 0.6 is 0 Å². The van der Waals surface area contributed by atoms with Crippen molar-refractivity contribution in [3.05, 3.63) is 73.3 Å². The highest BCUT2D eigenvalue weighted by Crippen LogP contribution is 2.29. The van der Waals surface area contributed by atoms with Crippen LogP contribution in [0, 0.1) is 0 Å². The molecule has 130 valence electrons. The van der Waals surface area contributed by atoms with E-state index in [9.17, 15) is 0 Å². The minimum absolute atomic E-state index is 0.493. The largest absolute Gasteiger partial charge is 0.455 e. The summed E-state index contributed by atoms with van der Waals surface area (Å²) in [7, 11) is 0. The van der Waals surface area contributed by atoms with Crippen molar-refractivity contribution in [1.82, 2.24) is 25.1 Å². The van der Waals surface area contributed by atoms with E-state index in [1.54, 1.807) is 36.9 Å². The van der Waals surface area contributed by atoms with E-state index >= 15 is 0 Å². The number of fused-ring (bicyclic) bond motifs is 2. The summed E-state index contributed by atoms with van der Waals surface area (Å²) in [6, 6.07) is 15.3. The van der Waals surface area contributed by atoms with Crippen molar-refractivity contribution in [2.75, 3.05) is 5.32 Å². The van der Waals surface area contributed by atoms with Gasteiger partial charge in [-0.25, -0.2) is 9.97 Å². The number of hydrogen-bond donors (Lipinski definition) is 2. The van der Waals surface area contributed by atoms with E-state index in [0.717, 1.165) is 27.5 Å². The zero-order valence-corrected chi connectivity index (χ0v) is 14.1. The van der Waals surface area contributed by atoms with Gasteiger partial charge in [0.1, 0.15) is 11.3 Å². The molecule has 0 aliphatic rings. The summed E-state index contributed by atoms with van der Waals surface area (Å²) in [4.78, 5) is 13.1. The van der Waals surface area contributed by atoms with Crippen molar-refractivity contribution in [3.8, 4) is 11.5 Å². The summed E-state index contributed by atoms with van der Waals surface area (Å²) in [5.74, 6) is 1.86. The van der Waals surface area contributed by atoms with Gasteiger partial charge in [-0.15, -0.1) is 0 Å². The maximum absolute atomic E-state index is 5.97. The number of pyridine rings is 1. The quantitative estimate of drug-likeness (QED) is 0.496. The highest BCUT2D eigenvalue weighted by Gasteiger charge is 2.08. The van der Waals surface area contributed by atoms with Gasteiger partial charge in [-0.2, -0.15) is 5.10 Å². The van der Waals surface area contributed by atoms with Crippen LogP contribution in [0.25, 0.3) is 21.8 Å². The van der Waals surface area contributed by atoms with Crippen LogP contribution in [0.4, 0.5) is 11.6 Å². The first-order chi connectivity index (χ1) is 13.3. The average molecular weight is 354 g/mol. The molecule has 0 fully saturated rings. The van der Waals surface area contributed by atoms with Crippen LogP contribution in [-0.4, -0.2) is 25.1 Å². The number of aromatic nitrogens is 5. The molecule has 7 nitrogen and oxygen atoms in total. The molecular weight excluding hydrogens is 340 g/mol. The third-order valence-electron chi connectivity index (χ3n) is 4.15. The molecule has 0 amide bonds. The zero-order valence-electron chi connectivity index (χ0n) is 14.1. The smallest absolute Gasteiger partial charge is 0.227 e. The molecule has 3 aromatic heterocycles. The monoisotopic (exact) mass is 354 g/mol. The van der Waals surface area contributed by atoms with E-state index in [0.29, 0.717) is 17.4 Å². The van der Waals surface area contributed by atoms with Gasteiger partial charge in [0.15, 0.2) is 5.75 Å². The number of aromatic amines is 1. The van der Waals surface area contributed by atoms with Gasteiger partial charge < -0.3 is 10.1 Å². The van der Waals surface area contributed by atoms with Gasteiger partial charge in [0.2, 0.25) is 5.95 Å². The number of nitrogens with one attached hydrogen (secondary N) is 2. The molecule has 3 heterocycles. The van der Waals surface area contributed by atoms with Crippen LogP contribution in [0.15, 0.2) is 73.3 Å². The van der Waals surface area contributed by atoms with E-state index in [1.807, 2.05) is 36.4 Å². The summed E-state index contributed by atoms with van der Waals surface area (Å²) >= 11 is 0. The summed E-state index contributed by atoms with van der Waals surface area (Å²) in [5, 5.41) is 12.2. The van der Waals surface area contributed by atoms with Gasteiger partial charge in [0.25, 0.3) is 0 Å². The van der Waals surface area contributed by atoms with E-state index in [2.05, 4.69) is 30.5 Å². The number of hydrogen-bond acceptors (Lipinski definition) is 6. The van der Waals surface area contributed by atoms with Crippen LogP contribution in [0.2, 0.25) is 0 Å². The molecule has 0 saturated heterocycles. The van der Waals surface area contributed by atoms with Crippen LogP contribution in [-0.2, 0) is 0 Å². The Kier molecular flexibility index (Phi) is 3.61. The SMILES string of the molecule is c1cc(Oc2ccncc2)c2nc(Nc3ccc4cn[nH]c4c3)ncc2c1. The first-order valence-electron chi connectivity index (χ1n) is 8.39. The number of rotatable bonds is 4. The van der Waals surface area contributed by atoms with Crippen LogP contribution < -0.4 is 10.1 Å². The van der Waals surface area contributed by atoms with Crippen molar-refractivity contribution >= 4 is 33.4 Å². The minimum atomic E-state index is 0.493. The maximum atomic E-state index is 5.97. The second kappa shape index (κ2) is 6.38. The standard InChI is InChI=1S/C20H14N6O/c1-2-14-11-22-20(24-15-5-4-13-12-23-26-17(13)10-15)25-19(14)18(3-1)27-16-6-8-21-9-7-16/h1-12H,(H,23,26)(H,22,24,25). The summed E-state index contributed by atoms with van der Waals surface area (Å²) in [6.07, 6.45) is 6.94. The molecule has 0 spiro atoms. The predicted octanol–water partition coefficient (Wildman–Crippen LogP) is 4.44. The number of para-hydroxylation sites is 1. The molecule has 0 atom stereocenters. The second-order valence-corrected chi connectivity index (χ2v) is 5.97. The highest BCUT2D eigenvalue weighted by atomic mass is 16.5. The number of H-pyrrole nitrogens is 1. The second-order valence-electron chi connectivity index (χ2n) is 5.97. The van der Waals surface area contributed by atoms with E-state index in [1.165, 1.54) is 0 Å². The molecule has 0 radical (unpaired) electrons. The molecule has 2 N–H and O–H groups in total. The summed E-state index contributed by atoms with van der Waals surface area (Å²) in [6.45, 7) is 0. The van der Waals surface area contributed by atoms with Crippen LogP contribution in [0.1, 0.15) is 0 Å². The number of benzene rings is 2. The lowest BCUT2D eigenvalue weighted by Gasteiger charge is -2.10. The first-order valence-corrected chi connectivity index (χ1v) is 8.39. The minimum Gasteiger partial charge on any atom is -0.455 e. The number of ether oxygens (including phenoxy) is 1. The molecule has 0 saturated carbocycles. The average Bonchev–Trinajstić information content (AvgIpc) is 3.17. The lowest BCUT2D eigenvalue weighted by molar-refractivity contribution is 0.486.